The SMILES string of the molecule is CC[C@H](NC)C(=O)N[C@@H]1C(=O)N2[C@@H](CC[C@@H]1CO)CC[C@H]2C(=O)NC(C(=O)NCCOCC1CCC(COCCNC(=O)C(NC(=O)[C@@H]2CC[C@@H]3CC[C@H](CO)[C@H](NC(=O)[C@H](CC)NC)C(=O)N32)(c2ccccc2)c2ccccc2)CC1)(c1ccccc1)c1ccccc1. The molecule has 1 saturated carbocycles. The molecule has 22 heteroatoms. The topological polar surface area (TPSA) is 298 Å². The summed E-state index contributed by atoms with van der Waals surface area (Å²) in [5.41, 5.74) is -1.34. The van der Waals surface area contributed by atoms with Gasteiger partial charge in [-0.2, -0.15) is 0 Å². The number of hydrogen-bond acceptors (Lipinski definition) is 14. The molecule has 1 aliphatic carbocycles. The van der Waals surface area contributed by atoms with Crippen LogP contribution in [0.3, 0.4) is 0 Å². The number of aliphatic hydroxyl groups excluding tert-OH is 2. The van der Waals surface area contributed by atoms with Gasteiger partial charge in [0.2, 0.25) is 35.4 Å². The number of likely N-dealkylation sites (N-methyl/N-ethyl adjacent to an activating group) is 2. The molecule has 0 spiro atoms. The van der Waals surface area contributed by atoms with Crippen molar-refractivity contribution in [3.05, 3.63) is 144 Å². The van der Waals surface area contributed by atoms with Crippen LogP contribution in [0.2, 0.25) is 0 Å². The number of nitrogens with one attached hydrogen (secondary N) is 8. The highest BCUT2D eigenvalue weighted by atomic mass is 16.5. The van der Waals surface area contributed by atoms with E-state index in [2.05, 4.69) is 42.5 Å². The zero-order valence-corrected chi connectivity index (χ0v) is 54.9. The number of fused-ring (bicyclic) bond motifs is 2. The third-order valence-corrected chi connectivity index (χ3v) is 20.4. The van der Waals surface area contributed by atoms with E-state index in [1.165, 1.54) is 0 Å². The van der Waals surface area contributed by atoms with Crippen molar-refractivity contribution in [3.63, 3.8) is 0 Å². The molecule has 0 bridgehead atoms. The normalized spacial score (nSPS) is 24.5. The van der Waals surface area contributed by atoms with Gasteiger partial charge in [0.05, 0.1) is 25.3 Å². The molecule has 508 valence electrons. The van der Waals surface area contributed by atoms with Crippen molar-refractivity contribution in [2.45, 2.75) is 163 Å². The summed E-state index contributed by atoms with van der Waals surface area (Å²) < 4.78 is 12.5. The molecule has 10 atom stereocenters. The fraction of sp³-hybridized carbons (Fsp3) is 0.556. The lowest BCUT2D eigenvalue weighted by atomic mass is 9.81. The molecule has 9 rings (SSSR count). The molecule has 4 heterocycles. The van der Waals surface area contributed by atoms with Gasteiger partial charge in [-0.1, -0.05) is 135 Å². The van der Waals surface area contributed by atoms with Gasteiger partial charge in [-0.05, 0) is 138 Å². The highest BCUT2D eigenvalue weighted by molar-refractivity contribution is 6.01. The van der Waals surface area contributed by atoms with Crippen LogP contribution < -0.4 is 42.5 Å². The average Bonchev–Trinajstić information content (AvgIpc) is 1.09. The number of nitrogens with zero attached hydrogens (tertiary/aromatic N) is 2. The molecule has 4 aliphatic heterocycles. The minimum absolute atomic E-state index is 0.151. The van der Waals surface area contributed by atoms with Crippen molar-refractivity contribution in [1.29, 1.82) is 0 Å². The Labute approximate surface area is 552 Å². The van der Waals surface area contributed by atoms with E-state index in [0.29, 0.717) is 99.7 Å². The van der Waals surface area contributed by atoms with Gasteiger partial charge in [-0.3, -0.25) is 38.4 Å². The fourth-order valence-corrected chi connectivity index (χ4v) is 15.0. The minimum atomic E-state index is -1.71. The van der Waals surface area contributed by atoms with Crippen LogP contribution in [0.5, 0.6) is 0 Å². The number of aliphatic hydroxyl groups is 2. The smallest absolute Gasteiger partial charge is 0.255 e. The molecule has 4 saturated heterocycles. The Morgan fingerprint density at radius 1 is 0.479 bits per heavy atom. The van der Waals surface area contributed by atoms with Gasteiger partial charge >= 0.3 is 0 Å². The first-order chi connectivity index (χ1) is 45.7. The van der Waals surface area contributed by atoms with Gasteiger partial charge in [0.25, 0.3) is 11.8 Å². The first kappa shape index (κ1) is 70.7. The van der Waals surface area contributed by atoms with Crippen LogP contribution in [0.1, 0.15) is 126 Å². The molecule has 0 radical (unpaired) electrons. The fourth-order valence-electron chi connectivity index (χ4n) is 15.0. The molecule has 4 aromatic carbocycles. The molecule has 8 amide bonds. The predicted octanol–water partition coefficient (Wildman–Crippen LogP) is 3.67. The Kier molecular flexibility index (Phi) is 25.3. The van der Waals surface area contributed by atoms with Crippen LogP contribution in [0, 0.1) is 23.7 Å². The van der Waals surface area contributed by atoms with E-state index >= 15 is 9.59 Å². The number of hydrogen-bond donors (Lipinski definition) is 10. The lowest BCUT2D eigenvalue weighted by Gasteiger charge is -2.38. The number of carbonyl (C=O) groups excluding carboxylic acids is 8. The van der Waals surface area contributed by atoms with E-state index < -0.39 is 94.6 Å². The van der Waals surface area contributed by atoms with Crippen LogP contribution in [0.4, 0.5) is 0 Å². The van der Waals surface area contributed by atoms with E-state index in [1.54, 1.807) is 72.4 Å². The number of amides is 8. The second-order valence-corrected chi connectivity index (χ2v) is 26.0. The van der Waals surface area contributed by atoms with E-state index in [-0.39, 0.29) is 75.3 Å². The Morgan fingerprint density at radius 3 is 1.10 bits per heavy atom. The van der Waals surface area contributed by atoms with Crippen molar-refractivity contribution < 1.29 is 58.0 Å². The summed E-state index contributed by atoms with van der Waals surface area (Å²) in [6.07, 6.45) is 8.47. The first-order valence-corrected chi connectivity index (χ1v) is 34.1. The van der Waals surface area contributed by atoms with Crippen molar-refractivity contribution in [2.75, 3.05) is 66.8 Å². The molecule has 4 aromatic rings. The standard InChI is InChI=1S/C72H98N10O12/c1-5-57(73-3)63(85)77-61-49(43-83)31-33-55-35-37-59(81(55)67(61)89)65(87)79-71(51-19-11-7-12-20-51,52-21-13-8-14-22-52)69(91)75-39-41-93-45-47-27-29-48(30-28-47)46-94-42-40-76-70(92)72(53-23-15-9-16-24-53,54-25-17-10-18-26-54)80-66(88)60-38-36-56-34-32-50(44-84)62(68(90)82(56)60)78-64(86)58(6-2)74-4/h7-26,47-50,55-62,73-74,83-84H,5-6,27-46H2,1-4H3,(H,75,91)(H,76,92)(H,77,85)(H,78,86)(H,79,87)(H,80,88)/t47?,48?,49-,50-,55+,56+,57+,58+,59+,60+,61+,62+/m1/s1. The third kappa shape index (κ3) is 15.9. The number of carbonyl (C=O) groups is 8. The van der Waals surface area contributed by atoms with Gasteiger partial charge in [0.15, 0.2) is 11.1 Å². The molecule has 22 nitrogen and oxygen atoms in total. The molecular weight excluding hydrogens is 1200 g/mol. The van der Waals surface area contributed by atoms with Gasteiger partial charge in [0.1, 0.15) is 24.2 Å². The highest BCUT2D eigenvalue weighted by Gasteiger charge is 2.53. The Hall–Kier alpha value is -7.60. The quantitative estimate of drug-likeness (QED) is 0.0334. The van der Waals surface area contributed by atoms with Gasteiger partial charge < -0.3 is 72.0 Å². The molecule has 10 N–H and O–H groups in total. The van der Waals surface area contributed by atoms with Crippen molar-refractivity contribution in [3.8, 4) is 0 Å². The predicted molar refractivity (Wildman–Crippen MR) is 354 cm³/mol. The largest absolute Gasteiger partial charge is 0.396 e. The van der Waals surface area contributed by atoms with E-state index in [9.17, 15) is 39.0 Å². The van der Waals surface area contributed by atoms with Crippen LogP contribution in [0.15, 0.2) is 121 Å². The van der Waals surface area contributed by atoms with E-state index in [0.717, 1.165) is 25.7 Å². The summed E-state index contributed by atoms with van der Waals surface area (Å²) in [7, 11) is 3.35. The van der Waals surface area contributed by atoms with Gasteiger partial charge in [-0.15, -0.1) is 0 Å². The molecule has 5 fully saturated rings. The zero-order valence-electron chi connectivity index (χ0n) is 54.9. The Morgan fingerprint density at radius 2 is 0.798 bits per heavy atom. The minimum Gasteiger partial charge on any atom is -0.396 e. The highest BCUT2D eigenvalue weighted by Crippen LogP contribution is 2.39. The zero-order chi connectivity index (χ0) is 66.8. The second-order valence-electron chi connectivity index (χ2n) is 26.0. The lowest BCUT2D eigenvalue weighted by Crippen LogP contribution is -2.62. The van der Waals surface area contributed by atoms with Crippen LogP contribution in [0.25, 0.3) is 0 Å². The van der Waals surface area contributed by atoms with Crippen LogP contribution >= 0.6 is 0 Å². The lowest BCUT2D eigenvalue weighted by molar-refractivity contribution is -0.145. The van der Waals surface area contributed by atoms with Crippen molar-refractivity contribution in [1.82, 2.24) is 52.3 Å². The number of ether oxygens (including phenoxy) is 2. The molecular formula is C72H98N10O12. The summed E-state index contributed by atoms with van der Waals surface area (Å²) in [6.45, 7) is 4.83. The summed E-state index contributed by atoms with van der Waals surface area (Å²) in [6, 6.07) is 30.5. The number of benzene rings is 4. The second kappa shape index (κ2) is 33.7. The molecule has 0 aromatic heterocycles. The molecule has 5 aliphatic rings. The maximum atomic E-state index is 15.0. The summed E-state index contributed by atoms with van der Waals surface area (Å²) in [4.78, 5) is 119. The van der Waals surface area contributed by atoms with Crippen molar-refractivity contribution in [2.24, 2.45) is 23.7 Å². The molecule has 94 heavy (non-hydrogen) atoms. The van der Waals surface area contributed by atoms with Crippen LogP contribution in [-0.2, 0) is 58.9 Å². The maximum absolute atomic E-state index is 15.0. The van der Waals surface area contributed by atoms with Crippen molar-refractivity contribution >= 4 is 47.3 Å². The molecule has 0 unspecified atom stereocenters. The Balaban J connectivity index is 0.778. The summed E-state index contributed by atoms with van der Waals surface area (Å²) >= 11 is 0. The summed E-state index contributed by atoms with van der Waals surface area (Å²) in [5.74, 6) is -4.03. The monoisotopic (exact) mass is 1290 g/mol. The Bertz CT molecular complexity index is 2860. The first-order valence-electron chi connectivity index (χ1n) is 34.1. The van der Waals surface area contributed by atoms with Gasteiger partial charge in [0, 0.05) is 63.4 Å². The number of rotatable bonds is 30. The summed E-state index contributed by atoms with van der Waals surface area (Å²) in [5, 5.41) is 45.2. The van der Waals surface area contributed by atoms with Gasteiger partial charge in [-0.25, -0.2) is 0 Å². The van der Waals surface area contributed by atoms with E-state index in [1.807, 2.05) is 86.6 Å². The van der Waals surface area contributed by atoms with Crippen LogP contribution in [-0.4, -0.2) is 182 Å². The maximum Gasteiger partial charge on any atom is 0.255 e. The average molecular weight is 1300 g/mol. The van der Waals surface area contributed by atoms with E-state index in [4.69, 9.17) is 9.47 Å². The third-order valence-electron chi connectivity index (χ3n) is 20.4.